The molecule has 168 valence electrons. The van der Waals surface area contributed by atoms with E-state index >= 15 is 0 Å². The van der Waals surface area contributed by atoms with Crippen molar-refractivity contribution in [2.75, 3.05) is 6.61 Å². The van der Waals surface area contributed by atoms with Crippen LogP contribution in [0.3, 0.4) is 0 Å². The van der Waals surface area contributed by atoms with E-state index in [4.69, 9.17) is 4.74 Å². The summed E-state index contributed by atoms with van der Waals surface area (Å²) in [4.78, 5) is 38.5. The van der Waals surface area contributed by atoms with E-state index < -0.39 is 17.0 Å². The Morgan fingerprint density at radius 3 is 2.28 bits per heavy atom. The first-order chi connectivity index (χ1) is 15.2. The number of hydrogen-bond acceptors (Lipinski definition) is 5. The van der Waals surface area contributed by atoms with E-state index in [1.165, 1.54) is 12.1 Å². The zero-order chi connectivity index (χ0) is 23.4. The number of ether oxygens (including phenoxy) is 1. The van der Waals surface area contributed by atoms with E-state index in [-0.39, 0.29) is 41.6 Å². The predicted molar refractivity (Wildman–Crippen MR) is 117 cm³/mol. The molecular weight excluding hydrogens is 415 g/mol. The molecule has 3 rings (SSSR count). The number of hydrogen-bond donors (Lipinski definition) is 1. The summed E-state index contributed by atoms with van der Waals surface area (Å²) in [5.41, 5.74) is 0.864. The van der Waals surface area contributed by atoms with Crippen molar-refractivity contribution < 1.29 is 19.1 Å². The molecule has 0 atom stereocenters. The molecule has 7 nitrogen and oxygen atoms in total. The van der Waals surface area contributed by atoms with Crippen molar-refractivity contribution >= 4 is 5.78 Å². The number of halogens is 1. The third-order valence-corrected chi connectivity index (χ3v) is 5.14. The minimum Gasteiger partial charge on any atom is -0.421 e. The molecule has 0 fully saturated rings. The van der Waals surface area contributed by atoms with Gasteiger partial charge < -0.3 is 9.94 Å². The van der Waals surface area contributed by atoms with Gasteiger partial charge >= 0.3 is 5.69 Å². The van der Waals surface area contributed by atoms with Crippen molar-refractivity contribution in [2.45, 2.75) is 40.3 Å². The lowest BCUT2D eigenvalue weighted by Crippen LogP contribution is -2.44. The van der Waals surface area contributed by atoms with Crippen LogP contribution in [0, 0.1) is 19.7 Å². The van der Waals surface area contributed by atoms with E-state index in [1.54, 1.807) is 31.2 Å². The Morgan fingerprint density at radius 1 is 1.06 bits per heavy atom. The fourth-order valence-electron chi connectivity index (χ4n) is 3.63. The van der Waals surface area contributed by atoms with E-state index in [9.17, 15) is 24.0 Å². The maximum atomic E-state index is 13.4. The summed E-state index contributed by atoms with van der Waals surface area (Å²) >= 11 is 0. The summed E-state index contributed by atoms with van der Waals surface area (Å²) in [7, 11) is 0. The first-order valence-electron chi connectivity index (χ1n) is 10.3. The van der Waals surface area contributed by atoms with Crippen LogP contribution in [-0.2, 0) is 24.3 Å². The lowest BCUT2D eigenvalue weighted by Gasteiger charge is -2.17. The van der Waals surface area contributed by atoms with E-state index in [0.29, 0.717) is 12.0 Å². The molecule has 2 aromatic carbocycles. The number of carbonyl (C=O) groups is 1. The topological polar surface area (TPSA) is 90.5 Å². The standard InChI is InChI=1S/C24H25FN2O5/c1-4-20-21(22(28)18-12-15(2)11-16(3)13-18)26(24(30)27(31)23(20)29)14-32-10-9-17-5-7-19(25)8-6-17/h5-8,11-13,31H,4,9-10,14H2,1-3H3. The number of aryl methyl sites for hydroxylation is 2. The third kappa shape index (κ3) is 4.86. The quantitative estimate of drug-likeness (QED) is 0.330. The molecule has 1 N–H and O–H groups in total. The summed E-state index contributed by atoms with van der Waals surface area (Å²) in [6, 6.07) is 11.2. The normalized spacial score (nSPS) is 11.0. The van der Waals surface area contributed by atoms with Gasteiger partial charge in [0, 0.05) is 11.1 Å². The van der Waals surface area contributed by atoms with Crippen molar-refractivity contribution in [2.24, 2.45) is 0 Å². The molecule has 0 aliphatic heterocycles. The Hall–Kier alpha value is -3.52. The van der Waals surface area contributed by atoms with Crippen LogP contribution in [0.4, 0.5) is 4.39 Å². The highest BCUT2D eigenvalue weighted by molar-refractivity contribution is 6.09. The molecule has 0 amide bonds. The molecule has 0 saturated carbocycles. The molecule has 0 spiro atoms. The Labute approximate surface area is 184 Å². The predicted octanol–water partition coefficient (Wildman–Crippen LogP) is 3.01. The van der Waals surface area contributed by atoms with Crippen LogP contribution in [0.2, 0.25) is 0 Å². The van der Waals surface area contributed by atoms with Gasteiger partial charge in [-0.2, -0.15) is 0 Å². The fourth-order valence-corrected chi connectivity index (χ4v) is 3.63. The largest absolute Gasteiger partial charge is 0.421 e. The van der Waals surface area contributed by atoms with Crippen LogP contribution in [0.15, 0.2) is 52.1 Å². The second-order valence-corrected chi connectivity index (χ2v) is 7.63. The molecule has 0 saturated heterocycles. The molecule has 0 aliphatic rings. The van der Waals surface area contributed by atoms with Crippen LogP contribution in [-0.4, -0.2) is 26.9 Å². The highest BCUT2D eigenvalue weighted by atomic mass is 19.1. The number of rotatable bonds is 8. The number of ketones is 1. The van der Waals surface area contributed by atoms with E-state index in [0.717, 1.165) is 21.3 Å². The average molecular weight is 440 g/mol. The number of benzene rings is 2. The van der Waals surface area contributed by atoms with E-state index in [1.807, 2.05) is 19.9 Å². The average Bonchev–Trinajstić information content (AvgIpc) is 2.76. The number of aromatic nitrogens is 2. The summed E-state index contributed by atoms with van der Waals surface area (Å²) in [6.45, 7) is 5.21. The minimum atomic E-state index is -1.05. The molecule has 0 aliphatic carbocycles. The zero-order valence-corrected chi connectivity index (χ0v) is 18.2. The van der Waals surface area contributed by atoms with Crippen molar-refractivity contribution in [1.82, 2.24) is 9.30 Å². The van der Waals surface area contributed by atoms with Crippen LogP contribution >= 0.6 is 0 Å². The van der Waals surface area contributed by atoms with E-state index in [2.05, 4.69) is 0 Å². The summed E-state index contributed by atoms with van der Waals surface area (Å²) < 4.78 is 19.6. The van der Waals surface area contributed by atoms with Gasteiger partial charge in [0.05, 0.1) is 6.61 Å². The van der Waals surface area contributed by atoms with Gasteiger partial charge in [0.2, 0.25) is 5.78 Å². The van der Waals surface area contributed by atoms with Crippen molar-refractivity contribution in [3.05, 3.63) is 103 Å². The molecule has 8 heteroatoms. The zero-order valence-electron chi connectivity index (χ0n) is 18.2. The second kappa shape index (κ2) is 9.74. The molecule has 3 aromatic rings. The fraction of sp³-hybridized carbons (Fsp3) is 0.292. The molecule has 0 unspecified atom stereocenters. The molecule has 0 radical (unpaired) electrons. The number of nitrogens with zero attached hydrogens (tertiary/aromatic N) is 2. The Bertz CT molecular complexity index is 1240. The van der Waals surface area contributed by atoms with Gasteiger partial charge in [-0.15, -0.1) is 0 Å². The van der Waals surface area contributed by atoms with Crippen molar-refractivity contribution in [1.29, 1.82) is 0 Å². The molecule has 32 heavy (non-hydrogen) atoms. The van der Waals surface area contributed by atoms with Gasteiger partial charge in [0.15, 0.2) is 0 Å². The minimum absolute atomic E-state index is 0.000436. The maximum Gasteiger partial charge on any atom is 0.366 e. The summed E-state index contributed by atoms with van der Waals surface area (Å²) in [6.07, 6.45) is 0.593. The Morgan fingerprint density at radius 2 is 1.69 bits per heavy atom. The third-order valence-electron chi connectivity index (χ3n) is 5.14. The van der Waals surface area contributed by atoms with Crippen LogP contribution < -0.4 is 11.2 Å². The van der Waals surface area contributed by atoms with Gasteiger partial charge in [0.1, 0.15) is 18.2 Å². The first kappa shape index (κ1) is 23.1. The Balaban J connectivity index is 1.96. The molecular formula is C24H25FN2O5. The maximum absolute atomic E-state index is 13.4. The monoisotopic (exact) mass is 440 g/mol. The van der Waals surface area contributed by atoms with Gasteiger partial charge in [0.25, 0.3) is 5.56 Å². The Kier molecular flexibility index (Phi) is 7.05. The molecule has 0 bridgehead atoms. The van der Waals surface area contributed by atoms with Crippen LogP contribution in [0.1, 0.15) is 45.2 Å². The van der Waals surface area contributed by atoms with Crippen molar-refractivity contribution in [3.63, 3.8) is 0 Å². The van der Waals surface area contributed by atoms with Gasteiger partial charge in [-0.1, -0.05) is 41.0 Å². The smallest absolute Gasteiger partial charge is 0.366 e. The summed E-state index contributed by atoms with van der Waals surface area (Å²) in [5.74, 6) is -0.835. The first-order valence-corrected chi connectivity index (χ1v) is 10.3. The molecule has 1 heterocycles. The lowest BCUT2D eigenvalue weighted by atomic mass is 9.99. The number of carbonyl (C=O) groups excluding carboxylic acids is 1. The van der Waals surface area contributed by atoms with Crippen LogP contribution in [0.25, 0.3) is 0 Å². The summed E-state index contributed by atoms with van der Waals surface area (Å²) in [5, 5.41) is 9.99. The highest BCUT2D eigenvalue weighted by Crippen LogP contribution is 2.16. The SMILES string of the molecule is CCc1c(C(=O)c2cc(C)cc(C)c2)n(COCCc2ccc(F)cc2)c(=O)n(O)c1=O. The van der Waals surface area contributed by atoms with Gasteiger partial charge in [-0.05, 0) is 56.5 Å². The van der Waals surface area contributed by atoms with Crippen LogP contribution in [0.5, 0.6) is 0 Å². The lowest BCUT2D eigenvalue weighted by molar-refractivity contribution is 0.0616. The molecule has 1 aromatic heterocycles. The second-order valence-electron chi connectivity index (χ2n) is 7.63. The van der Waals surface area contributed by atoms with Crippen molar-refractivity contribution in [3.8, 4) is 0 Å². The highest BCUT2D eigenvalue weighted by Gasteiger charge is 2.24. The van der Waals surface area contributed by atoms with Gasteiger partial charge in [-0.3, -0.25) is 14.2 Å². The van der Waals surface area contributed by atoms with Gasteiger partial charge in [-0.25, -0.2) is 9.18 Å².